The monoisotopic (exact) mass is 530 g/mol. The Balaban J connectivity index is 1.33. The maximum atomic E-state index is 14.1. The summed E-state index contributed by atoms with van der Waals surface area (Å²) in [5.74, 6) is 0.153. The van der Waals surface area contributed by atoms with Crippen LogP contribution in [0.15, 0.2) is 30.4 Å². The smallest absolute Gasteiger partial charge is 0.367 e. The zero-order valence-corrected chi connectivity index (χ0v) is 21.8. The number of piperidine rings is 1. The first-order chi connectivity index (χ1) is 18.0. The third-order valence-corrected chi connectivity index (χ3v) is 8.40. The van der Waals surface area contributed by atoms with Crippen LogP contribution in [0.25, 0.3) is 0 Å². The van der Waals surface area contributed by atoms with Crippen molar-refractivity contribution in [2.24, 2.45) is 0 Å². The quantitative estimate of drug-likeness (QED) is 0.437. The molecule has 4 aliphatic heterocycles. The van der Waals surface area contributed by atoms with Gasteiger partial charge in [0.15, 0.2) is 5.69 Å². The molecule has 1 aromatic rings. The standard InChI is InChI=1S/C27H33F3N6O2/c1-4-24(37)35-11-9-33(10-12-35)20-16-36(17-20)22-14-23(32-25(21(22)15-31)27(28,29)30)34-7-5-26(6-8-34)18(2)13-19(3)38-26/h4,13-14,19-20H,1,5-12,16-17H2,2-3H3/t19-/m0/s1. The number of hydrogen-bond acceptors (Lipinski definition) is 7. The molecule has 1 spiro atoms. The molecule has 0 unspecified atom stereocenters. The second kappa shape index (κ2) is 9.89. The van der Waals surface area contributed by atoms with Crippen LogP contribution in [0, 0.1) is 11.3 Å². The number of ether oxygens (including phenoxy) is 1. The van der Waals surface area contributed by atoms with Crippen molar-refractivity contribution in [2.75, 3.05) is 62.2 Å². The molecule has 8 nitrogen and oxygen atoms in total. The summed E-state index contributed by atoms with van der Waals surface area (Å²) in [7, 11) is 0. The lowest BCUT2D eigenvalue weighted by Crippen LogP contribution is -2.63. The molecule has 1 atom stereocenters. The van der Waals surface area contributed by atoms with Gasteiger partial charge >= 0.3 is 6.18 Å². The van der Waals surface area contributed by atoms with E-state index in [2.05, 4.69) is 29.5 Å². The second-order valence-electron chi connectivity index (χ2n) is 10.6. The molecular weight excluding hydrogens is 497 g/mol. The van der Waals surface area contributed by atoms with Crippen LogP contribution in [0.1, 0.15) is 37.9 Å². The van der Waals surface area contributed by atoms with Crippen LogP contribution in [0.2, 0.25) is 0 Å². The van der Waals surface area contributed by atoms with Gasteiger partial charge in [-0.25, -0.2) is 4.98 Å². The number of hydrogen-bond donors (Lipinski definition) is 0. The number of carbonyl (C=O) groups is 1. The Bertz CT molecular complexity index is 1170. The van der Waals surface area contributed by atoms with Crippen molar-refractivity contribution in [1.29, 1.82) is 5.26 Å². The maximum Gasteiger partial charge on any atom is 0.434 e. The SMILES string of the molecule is C=CC(=O)N1CCN(C2CN(c3cc(N4CCC5(CC4)O[C@@H](C)C=C5C)nc(C(F)(F)F)c3C#N)C2)CC1. The number of carbonyl (C=O) groups excluding carboxylic acids is 1. The number of piperazine rings is 1. The van der Waals surface area contributed by atoms with Crippen LogP contribution in [0.5, 0.6) is 0 Å². The summed E-state index contributed by atoms with van der Waals surface area (Å²) < 4.78 is 48.4. The van der Waals surface area contributed by atoms with Gasteiger partial charge in [0.2, 0.25) is 5.91 Å². The Hall–Kier alpha value is -3.10. The largest absolute Gasteiger partial charge is 0.434 e. The molecule has 4 aliphatic rings. The molecule has 0 aliphatic carbocycles. The fraction of sp³-hybridized carbons (Fsp3) is 0.593. The first-order valence-corrected chi connectivity index (χ1v) is 13.1. The Morgan fingerprint density at radius 2 is 1.84 bits per heavy atom. The average Bonchev–Trinajstić information content (AvgIpc) is 3.14. The highest BCUT2D eigenvalue weighted by Gasteiger charge is 2.44. The van der Waals surface area contributed by atoms with Gasteiger partial charge in [-0.1, -0.05) is 12.7 Å². The fourth-order valence-electron chi connectivity index (χ4n) is 6.16. The number of nitriles is 1. The Morgan fingerprint density at radius 1 is 1.18 bits per heavy atom. The zero-order chi connectivity index (χ0) is 27.2. The topological polar surface area (TPSA) is 75.9 Å². The van der Waals surface area contributed by atoms with E-state index in [0.717, 1.165) is 0 Å². The summed E-state index contributed by atoms with van der Waals surface area (Å²) in [5.41, 5.74) is -0.460. The van der Waals surface area contributed by atoms with Gasteiger partial charge in [-0.3, -0.25) is 9.69 Å². The number of halogens is 3. The van der Waals surface area contributed by atoms with Crippen molar-refractivity contribution < 1.29 is 22.7 Å². The summed E-state index contributed by atoms with van der Waals surface area (Å²) >= 11 is 0. The van der Waals surface area contributed by atoms with Crippen LogP contribution in [0.3, 0.4) is 0 Å². The van der Waals surface area contributed by atoms with E-state index in [0.29, 0.717) is 65.2 Å². The number of anilines is 2. The summed E-state index contributed by atoms with van der Waals surface area (Å²) in [4.78, 5) is 23.5. The van der Waals surface area contributed by atoms with E-state index in [9.17, 15) is 23.2 Å². The van der Waals surface area contributed by atoms with Crippen molar-refractivity contribution in [3.63, 3.8) is 0 Å². The van der Waals surface area contributed by atoms with Crippen LogP contribution in [-0.2, 0) is 15.7 Å². The van der Waals surface area contributed by atoms with E-state index in [1.54, 1.807) is 17.0 Å². The summed E-state index contributed by atoms with van der Waals surface area (Å²) in [6, 6.07) is 3.58. The second-order valence-corrected chi connectivity index (χ2v) is 10.6. The lowest BCUT2D eigenvalue weighted by molar-refractivity contribution is -0.141. The summed E-state index contributed by atoms with van der Waals surface area (Å²) in [5, 5.41) is 9.74. The number of alkyl halides is 3. The molecule has 0 N–H and O–H groups in total. The number of pyridine rings is 1. The molecule has 11 heteroatoms. The van der Waals surface area contributed by atoms with Crippen molar-refractivity contribution in [1.82, 2.24) is 14.8 Å². The highest BCUT2D eigenvalue weighted by atomic mass is 19.4. The van der Waals surface area contributed by atoms with E-state index in [1.807, 2.05) is 16.7 Å². The molecule has 1 amide bonds. The minimum Gasteiger partial charge on any atom is -0.367 e. The minimum absolute atomic E-state index is 0.0304. The Morgan fingerprint density at radius 3 is 2.37 bits per heavy atom. The van der Waals surface area contributed by atoms with Gasteiger partial charge in [-0.2, -0.15) is 18.4 Å². The van der Waals surface area contributed by atoms with E-state index >= 15 is 0 Å². The van der Waals surface area contributed by atoms with Gasteiger partial charge in [-0.15, -0.1) is 0 Å². The van der Waals surface area contributed by atoms with Crippen LogP contribution in [-0.4, -0.2) is 90.8 Å². The Kier molecular flexibility index (Phi) is 6.90. The van der Waals surface area contributed by atoms with E-state index < -0.39 is 17.4 Å². The molecule has 38 heavy (non-hydrogen) atoms. The van der Waals surface area contributed by atoms with Gasteiger partial charge in [0.05, 0.1) is 17.4 Å². The highest BCUT2D eigenvalue weighted by Crippen LogP contribution is 2.42. The molecule has 3 fully saturated rings. The van der Waals surface area contributed by atoms with Gasteiger partial charge < -0.3 is 19.4 Å². The van der Waals surface area contributed by atoms with E-state index in [-0.39, 0.29) is 35.2 Å². The minimum atomic E-state index is -4.74. The van der Waals surface area contributed by atoms with E-state index in [1.165, 1.54) is 11.6 Å². The first kappa shape index (κ1) is 26.5. The number of nitrogens with zero attached hydrogens (tertiary/aromatic N) is 6. The van der Waals surface area contributed by atoms with Gasteiger partial charge in [0.1, 0.15) is 17.5 Å². The van der Waals surface area contributed by atoms with Crippen molar-refractivity contribution in [3.05, 3.63) is 41.6 Å². The van der Waals surface area contributed by atoms with Crippen molar-refractivity contribution in [3.8, 4) is 6.07 Å². The molecule has 0 bridgehead atoms. The molecule has 204 valence electrons. The normalized spacial score (nSPS) is 24.3. The molecule has 0 saturated carbocycles. The first-order valence-electron chi connectivity index (χ1n) is 13.1. The van der Waals surface area contributed by atoms with E-state index in [4.69, 9.17) is 4.74 Å². The third-order valence-electron chi connectivity index (χ3n) is 8.40. The van der Waals surface area contributed by atoms with Crippen LogP contribution < -0.4 is 9.80 Å². The molecule has 0 radical (unpaired) electrons. The molecule has 3 saturated heterocycles. The summed E-state index contributed by atoms with van der Waals surface area (Å²) in [6.45, 7) is 12.2. The number of amides is 1. The lowest BCUT2D eigenvalue weighted by atomic mass is 9.85. The predicted molar refractivity (Wildman–Crippen MR) is 137 cm³/mol. The average molecular weight is 531 g/mol. The Labute approximate surface area is 220 Å². The van der Waals surface area contributed by atoms with Gasteiger partial charge in [0.25, 0.3) is 0 Å². The van der Waals surface area contributed by atoms with Gasteiger partial charge in [0, 0.05) is 64.5 Å². The molecule has 1 aromatic heterocycles. The van der Waals surface area contributed by atoms with Crippen molar-refractivity contribution >= 4 is 17.4 Å². The number of rotatable bonds is 4. The third kappa shape index (κ3) is 4.76. The lowest BCUT2D eigenvalue weighted by Gasteiger charge is -2.49. The molecule has 5 rings (SSSR count). The van der Waals surface area contributed by atoms with Crippen LogP contribution >= 0.6 is 0 Å². The molecular formula is C27H33F3N6O2. The zero-order valence-electron chi connectivity index (χ0n) is 21.8. The predicted octanol–water partition coefficient (Wildman–Crippen LogP) is 3.19. The summed E-state index contributed by atoms with van der Waals surface area (Å²) in [6.07, 6.45) is 0.0448. The van der Waals surface area contributed by atoms with Crippen molar-refractivity contribution in [2.45, 2.75) is 50.6 Å². The maximum absolute atomic E-state index is 14.1. The fourth-order valence-corrected chi connectivity index (χ4v) is 6.16. The highest BCUT2D eigenvalue weighted by molar-refractivity contribution is 5.87. The molecule has 5 heterocycles. The number of aromatic nitrogens is 1. The van der Waals surface area contributed by atoms with Gasteiger partial charge in [-0.05, 0) is 38.3 Å². The van der Waals surface area contributed by atoms with Crippen LogP contribution in [0.4, 0.5) is 24.7 Å². The molecule has 0 aromatic carbocycles.